The number of Topliss-reactive ketones (excluding diaryl/α,β-unsaturated/α-hetero) is 2. The second kappa shape index (κ2) is 24.0. The number of rotatable bonds is 27. The number of hydrogen-bond donors (Lipinski definition) is 14. The third-order valence-electron chi connectivity index (χ3n) is 10.5. The average molecular weight is 962 g/mol. The van der Waals surface area contributed by atoms with Gasteiger partial charge >= 0.3 is 41.8 Å². The molecule has 7 atom stereocenters. The van der Waals surface area contributed by atoms with Crippen molar-refractivity contribution >= 4 is 88.3 Å². The number of H-pyrrole nitrogens is 1. The van der Waals surface area contributed by atoms with E-state index >= 15 is 0 Å². The number of nitrogens with two attached hydrogens (primary N) is 5. The minimum atomic E-state index is -3.95. The standard InChI is InChI=1S/C39H51N11O18/c40-20(33(59)60)5-9-24(51)19(13-27(54)55)39(25(52)10-6-21(41)34(61)62,37(67)68-28(56)12-8-23(43)36(65)66)50(26(53)11-7-22(42)35(63)64)32(58)16-1-3-17(4-2-16)45-14-18-15-46-30-29(47-18)31(57)49-38(44)48-30/h1-4,18-23,45,47H,5-15,40-43H2,(H,54,55)(H,59,60)(H,61,62)(H,63,64)(H,65,66)(H4,44,46,48,49,57)/t18?,19?,20-,21-,22-,23-,39+/m0/s1. The van der Waals surface area contributed by atoms with Crippen LogP contribution in [0.2, 0.25) is 0 Å². The predicted molar refractivity (Wildman–Crippen MR) is 230 cm³/mol. The first-order valence-electron chi connectivity index (χ1n) is 20.4. The third-order valence-corrected chi connectivity index (χ3v) is 10.5. The van der Waals surface area contributed by atoms with Crippen molar-refractivity contribution in [3.05, 3.63) is 40.2 Å². The van der Waals surface area contributed by atoms with Crippen molar-refractivity contribution in [1.82, 2.24) is 14.9 Å². The fraction of sp³-hybridized carbons (Fsp3) is 0.462. The summed E-state index contributed by atoms with van der Waals surface area (Å²) in [6.07, 6.45) is -9.57. The number of fused-ring (bicyclic) bond motifs is 1. The normalized spacial score (nSPS) is 16.0. The third kappa shape index (κ3) is 14.1. The number of aromatic nitrogens is 2. The Morgan fingerprint density at radius 1 is 0.765 bits per heavy atom. The SMILES string of the molecule is Nc1nc2c(c(=O)[nH]1)NC(CNc1ccc(C(=O)N(C(=O)CC[C@H](N)C(=O)O)[C@](C(=O)CC[C@H](N)C(=O)O)(C(=O)OC(=O)CC[C@H](N)C(=O)O)C(CC(=O)O)C(=O)CC[C@H](N)C(=O)O)cc1)CN2. The summed E-state index contributed by atoms with van der Waals surface area (Å²) in [5.74, 6) is -22.2. The van der Waals surface area contributed by atoms with Gasteiger partial charge in [0, 0.05) is 50.0 Å². The zero-order chi connectivity index (χ0) is 51.2. The maximum Gasteiger partial charge on any atom is 0.348 e. The van der Waals surface area contributed by atoms with Gasteiger partial charge in [-0.1, -0.05) is 0 Å². The fourth-order valence-corrected chi connectivity index (χ4v) is 6.75. The molecule has 2 heterocycles. The highest BCUT2D eigenvalue weighted by Gasteiger charge is 2.63. The zero-order valence-electron chi connectivity index (χ0n) is 35.9. The maximum absolute atomic E-state index is 15.0. The number of carbonyl (C=O) groups excluding carboxylic acids is 6. The number of carboxylic acid groups (broad SMARTS) is 5. The van der Waals surface area contributed by atoms with Crippen molar-refractivity contribution in [2.45, 2.75) is 93.5 Å². The van der Waals surface area contributed by atoms with Gasteiger partial charge in [-0.05, 0) is 49.9 Å². The summed E-state index contributed by atoms with van der Waals surface area (Å²) in [5.41, 5.74) is 23.1. The highest BCUT2D eigenvalue weighted by Crippen LogP contribution is 2.37. The number of aliphatic carboxylic acids is 5. The molecule has 1 aliphatic heterocycles. The van der Waals surface area contributed by atoms with E-state index in [1.54, 1.807) is 0 Å². The lowest BCUT2D eigenvalue weighted by Gasteiger charge is -2.43. The number of aromatic amines is 1. The number of ether oxygens (including phenoxy) is 1. The van der Waals surface area contributed by atoms with Crippen molar-refractivity contribution in [1.29, 1.82) is 0 Å². The average Bonchev–Trinajstić information content (AvgIpc) is 3.27. The van der Waals surface area contributed by atoms with Crippen LogP contribution in [0.5, 0.6) is 0 Å². The molecule has 2 amide bonds. The van der Waals surface area contributed by atoms with Gasteiger partial charge in [-0.25, -0.2) is 4.79 Å². The molecule has 19 N–H and O–H groups in total. The highest BCUT2D eigenvalue weighted by atomic mass is 16.6. The Bertz CT molecular complexity index is 2360. The number of nitrogens with one attached hydrogen (secondary N) is 4. The van der Waals surface area contributed by atoms with Gasteiger partial charge in [-0.2, -0.15) is 4.98 Å². The molecule has 68 heavy (non-hydrogen) atoms. The number of hydrogen-bond acceptors (Lipinski definition) is 22. The number of esters is 2. The van der Waals surface area contributed by atoms with Gasteiger partial charge in [0.15, 0.2) is 11.6 Å². The molecule has 0 bridgehead atoms. The number of anilines is 4. The minimum absolute atomic E-state index is 0.0868. The van der Waals surface area contributed by atoms with Gasteiger partial charge in [0.25, 0.3) is 11.5 Å². The molecular weight excluding hydrogens is 910 g/mol. The van der Waals surface area contributed by atoms with Crippen molar-refractivity contribution in [3.63, 3.8) is 0 Å². The van der Waals surface area contributed by atoms with Crippen molar-refractivity contribution in [2.75, 3.05) is 34.8 Å². The van der Waals surface area contributed by atoms with Crippen LogP contribution in [0.3, 0.4) is 0 Å². The Labute approximate surface area is 383 Å². The van der Waals surface area contributed by atoms with E-state index in [1.165, 1.54) is 12.1 Å². The van der Waals surface area contributed by atoms with Crippen LogP contribution in [-0.4, -0.2) is 154 Å². The van der Waals surface area contributed by atoms with Crippen molar-refractivity contribution < 1.29 is 83.0 Å². The van der Waals surface area contributed by atoms with E-state index in [0.717, 1.165) is 12.1 Å². The lowest BCUT2D eigenvalue weighted by Crippen LogP contribution is -2.70. The second-order valence-corrected chi connectivity index (χ2v) is 15.4. The van der Waals surface area contributed by atoms with E-state index in [-0.39, 0.29) is 41.1 Å². The largest absolute Gasteiger partial charge is 0.481 e. The number of nitrogen functional groups attached to an aromatic ring is 1. The number of imide groups is 1. The molecule has 1 aliphatic rings. The summed E-state index contributed by atoms with van der Waals surface area (Å²) >= 11 is 0. The number of benzene rings is 1. The maximum atomic E-state index is 15.0. The zero-order valence-corrected chi connectivity index (χ0v) is 35.9. The van der Waals surface area contributed by atoms with Crippen molar-refractivity contribution in [2.24, 2.45) is 28.9 Å². The molecular formula is C39H51N11O18. The van der Waals surface area contributed by atoms with Gasteiger partial charge in [0.1, 0.15) is 35.6 Å². The molecule has 2 aromatic rings. The molecule has 1 aromatic carbocycles. The van der Waals surface area contributed by atoms with Crippen LogP contribution >= 0.6 is 0 Å². The molecule has 29 nitrogen and oxygen atoms in total. The molecule has 0 spiro atoms. The van der Waals surface area contributed by atoms with E-state index in [9.17, 15) is 83.1 Å². The van der Waals surface area contributed by atoms with Crippen LogP contribution in [0.25, 0.3) is 0 Å². The number of nitrogens with zero attached hydrogens (tertiary/aromatic N) is 2. The van der Waals surface area contributed by atoms with Crippen molar-refractivity contribution in [3.8, 4) is 0 Å². The quantitative estimate of drug-likeness (QED) is 0.0304. The first-order valence-corrected chi connectivity index (χ1v) is 20.4. The lowest BCUT2D eigenvalue weighted by molar-refractivity contribution is -0.178. The van der Waals surface area contributed by atoms with Gasteiger partial charge in [0.2, 0.25) is 17.4 Å². The number of carboxylic acids is 5. The molecule has 0 saturated heterocycles. The lowest BCUT2D eigenvalue weighted by atomic mass is 9.71. The molecule has 2 unspecified atom stereocenters. The van der Waals surface area contributed by atoms with E-state index in [2.05, 4.69) is 25.9 Å². The molecule has 0 aliphatic carbocycles. The van der Waals surface area contributed by atoms with E-state index < -0.39 is 176 Å². The molecule has 0 radical (unpaired) electrons. The smallest absolute Gasteiger partial charge is 0.348 e. The number of carbonyl (C=O) groups is 11. The van der Waals surface area contributed by atoms with Gasteiger partial charge < -0.3 is 74.9 Å². The summed E-state index contributed by atoms with van der Waals surface area (Å²) in [7, 11) is 0. The number of amides is 2. The molecule has 29 heteroatoms. The van der Waals surface area contributed by atoms with E-state index in [4.69, 9.17) is 33.4 Å². The molecule has 3 rings (SSSR count). The molecule has 0 saturated carbocycles. The van der Waals surface area contributed by atoms with Crippen LogP contribution in [0.1, 0.15) is 68.1 Å². The Balaban J connectivity index is 2.31. The summed E-state index contributed by atoms with van der Waals surface area (Å²) in [5, 5.41) is 56.7. The first-order chi connectivity index (χ1) is 31.8. The highest BCUT2D eigenvalue weighted by molar-refractivity contribution is 6.22. The van der Waals surface area contributed by atoms with Crippen LogP contribution in [-0.2, 0) is 52.7 Å². The fourth-order valence-electron chi connectivity index (χ4n) is 6.75. The van der Waals surface area contributed by atoms with Gasteiger partial charge in [-0.15, -0.1) is 0 Å². The second-order valence-electron chi connectivity index (χ2n) is 15.4. The minimum Gasteiger partial charge on any atom is -0.481 e. The van der Waals surface area contributed by atoms with Crippen LogP contribution in [0.15, 0.2) is 29.1 Å². The first kappa shape index (κ1) is 54.4. The Morgan fingerprint density at radius 2 is 1.28 bits per heavy atom. The Hall–Kier alpha value is -7.89. The number of ketones is 2. The Morgan fingerprint density at radius 3 is 1.81 bits per heavy atom. The molecule has 0 fully saturated rings. The summed E-state index contributed by atoms with van der Waals surface area (Å²) in [6.45, 7) is 0.321. The topological polar surface area (TPSA) is 513 Å². The Kier molecular flexibility index (Phi) is 19.3. The summed E-state index contributed by atoms with van der Waals surface area (Å²) in [6, 6.07) is -3.33. The van der Waals surface area contributed by atoms with Gasteiger partial charge in [-0.3, -0.25) is 62.6 Å². The van der Waals surface area contributed by atoms with E-state index in [1.807, 2.05) is 0 Å². The predicted octanol–water partition coefficient (Wildman–Crippen LogP) is -3.55. The molecule has 370 valence electrons. The van der Waals surface area contributed by atoms with E-state index in [0.29, 0.717) is 0 Å². The summed E-state index contributed by atoms with van der Waals surface area (Å²) in [4.78, 5) is 165. The van der Waals surface area contributed by atoms with Crippen LogP contribution in [0.4, 0.5) is 23.1 Å². The monoisotopic (exact) mass is 961 g/mol. The summed E-state index contributed by atoms with van der Waals surface area (Å²) < 4.78 is 4.95. The molecule has 1 aromatic heterocycles. The van der Waals surface area contributed by atoms with Crippen LogP contribution in [0, 0.1) is 5.92 Å². The van der Waals surface area contributed by atoms with Crippen LogP contribution < -0.4 is 50.2 Å². The van der Waals surface area contributed by atoms with Gasteiger partial charge in [0.05, 0.1) is 18.4 Å².